The van der Waals surface area contributed by atoms with Crippen molar-refractivity contribution in [2.24, 2.45) is 0 Å². The molecule has 0 bridgehead atoms. The third-order valence-corrected chi connectivity index (χ3v) is 4.99. The molecule has 1 aliphatic rings. The molecule has 1 aliphatic heterocycles. The van der Waals surface area contributed by atoms with Gasteiger partial charge in [0.1, 0.15) is 29.7 Å². The Balaban J connectivity index is 1.56. The highest BCUT2D eigenvalue weighted by Gasteiger charge is 2.20. The SMILES string of the molecule is COc1ccc(-c2nc(CN3CCOc4ccc(Cl)cc4C3)c(C)o2)c(F)c1. The molecule has 0 unspecified atom stereocenters. The number of nitrogens with zero attached hydrogens (tertiary/aromatic N) is 2. The Kier molecular flexibility index (Phi) is 5.24. The van der Waals surface area contributed by atoms with Crippen molar-refractivity contribution in [1.29, 1.82) is 0 Å². The number of aromatic nitrogens is 1. The van der Waals surface area contributed by atoms with Gasteiger partial charge >= 0.3 is 0 Å². The quantitative estimate of drug-likeness (QED) is 0.624. The molecule has 5 nitrogen and oxygen atoms in total. The maximum atomic E-state index is 14.4. The van der Waals surface area contributed by atoms with Crippen LogP contribution in [-0.2, 0) is 13.1 Å². The highest BCUT2D eigenvalue weighted by atomic mass is 35.5. The second kappa shape index (κ2) is 7.81. The van der Waals surface area contributed by atoms with Crippen LogP contribution in [0.25, 0.3) is 11.5 Å². The first-order valence-corrected chi connectivity index (χ1v) is 9.35. The Bertz CT molecular complexity index is 1010. The van der Waals surface area contributed by atoms with Crippen molar-refractivity contribution < 1.29 is 18.3 Å². The van der Waals surface area contributed by atoms with E-state index in [0.29, 0.717) is 41.8 Å². The van der Waals surface area contributed by atoms with Crippen molar-refractivity contribution in [1.82, 2.24) is 9.88 Å². The molecule has 1 aromatic heterocycles. The van der Waals surface area contributed by atoms with Crippen LogP contribution in [0.2, 0.25) is 5.02 Å². The predicted octanol–water partition coefficient (Wildman–Crippen LogP) is 4.85. The topological polar surface area (TPSA) is 47.7 Å². The van der Waals surface area contributed by atoms with Crippen molar-refractivity contribution >= 4 is 11.6 Å². The second-order valence-corrected chi connectivity index (χ2v) is 7.12. The van der Waals surface area contributed by atoms with Gasteiger partial charge in [0.15, 0.2) is 0 Å². The number of hydrogen-bond donors (Lipinski definition) is 0. The number of methoxy groups -OCH3 is 1. The summed E-state index contributed by atoms with van der Waals surface area (Å²) in [5.41, 5.74) is 2.12. The highest BCUT2D eigenvalue weighted by Crippen LogP contribution is 2.30. The molecule has 2 aromatic carbocycles. The second-order valence-electron chi connectivity index (χ2n) is 6.68. The van der Waals surface area contributed by atoms with Gasteiger partial charge < -0.3 is 13.9 Å². The molecule has 0 atom stereocenters. The van der Waals surface area contributed by atoms with Gasteiger partial charge in [0, 0.05) is 36.3 Å². The van der Waals surface area contributed by atoms with Crippen LogP contribution in [0.4, 0.5) is 4.39 Å². The number of fused-ring (bicyclic) bond motifs is 1. The van der Waals surface area contributed by atoms with E-state index in [9.17, 15) is 4.39 Å². The zero-order valence-corrected chi connectivity index (χ0v) is 16.4. The fourth-order valence-corrected chi connectivity index (χ4v) is 3.44. The Morgan fingerprint density at radius 3 is 2.89 bits per heavy atom. The lowest BCUT2D eigenvalue weighted by molar-refractivity contribution is 0.217. The molecular formula is C21H20ClFN2O3. The molecular weight excluding hydrogens is 383 g/mol. The third kappa shape index (κ3) is 3.84. The fraction of sp³-hybridized carbons (Fsp3) is 0.286. The molecule has 0 spiro atoms. The van der Waals surface area contributed by atoms with Gasteiger partial charge in [-0.15, -0.1) is 0 Å². The summed E-state index contributed by atoms with van der Waals surface area (Å²) in [5.74, 6) is 1.80. The smallest absolute Gasteiger partial charge is 0.229 e. The minimum absolute atomic E-state index is 0.266. The van der Waals surface area contributed by atoms with Crippen LogP contribution in [0.15, 0.2) is 40.8 Å². The Hall–Kier alpha value is -2.57. The van der Waals surface area contributed by atoms with Gasteiger partial charge in [-0.2, -0.15) is 0 Å². The summed E-state index contributed by atoms with van der Waals surface area (Å²) in [4.78, 5) is 6.75. The predicted molar refractivity (Wildman–Crippen MR) is 104 cm³/mol. The van der Waals surface area contributed by atoms with Gasteiger partial charge in [-0.25, -0.2) is 9.37 Å². The van der Waals surface area contributed by atoms with Crippen molar-refractivity contribution in [2.75, 3.05) is 20.3 Å². The van der Waals surface area contributed by atoms with E-state index >= 15 is 0 Å². The lowest BCUT2D eigenvalue weighted by Gasteiger charge is -2.18. The zero-order chi connectivity index (χ0) is 19.7. The van der Waals surface area contributed by atoms with E-state index < -0.39 is 5.82 Å². The molecule has 0 N–H and O–H groups in total. The maximum absolute atomic E-state index is 14.4. The summed E-state index contributed by atoms with van der Waals surface area (Å²) in [7, 11) is 1.50. The average Bonchev–Trinajstić information content (AvgIpc) is 2.91. The molecule has 3 aromatic rings. The Morgan fingerprint density at radius 2 is 2.11 bits per heavy atom. The minimum atomic E-state index is -0.432. The van der Waals surface area contributed by atoms with Crippen LogP contribution >= 0.6 is 11.6 Å². The van der Waals surface area contributed by atoms with Gasteiger partial charge in [0.25, 0.3) is 0 Å². The number of benzene rings is 2. The van der Waals surface area contributed by atoms with Crippen LogP contribution < -0.4 is 9.47 Å². The molecule has 0 amide bonds. The lowest BCUT2D eigenvalue weighted by Crippen LogP contribution is -2.25. The number of rotatable bonds is 4. The molecule has 0 radical (unpaired) electrons. The molecule has 0 saturated carbocycles. The molecule has 28 heavy (non-hydrogen) atoms. The first kappa shape index (κ1) is 18.8. The number of ether oxygens (including phenoxy) is 2. The molecule has 2 heterocycles. The third-order valence-electron chi connectivity index (χ3n) is 4.75. The van der Waals surface area contributed by atoms with E-state index in [4.69, 9.17) is 25.5 Å². The number of hydrogen-bond acceptors (Lipinski definition) is 5. The van der Waals surface area contributed by atoms with E-state index in [1.54, 1.807) is 12.1 Å². The van der Waals surface area contributed by atoms with Crippen LogP contribution in [0, 0.1) is 12.7 Å². The largest absolute Gasteiger partial charge is 0.497 e. The Morgan fingerprint density at radius 1 is 1.25 bits per heavy atom. The molecule has 0 saturated heterocycles. The van der Waals surface area contributed by atoms with Gasteiger partial charge in [0.2, 0.25) is 5.89 Å². The number of oxazole rings is 1. The monoisotopic (exact) mass is 402 g/mol. The Labute approximate surface area is 167 Å². The normalized spacial score (nSPS) is 14.3. The zero-order valence-electron chi connectivity index (χ0n) is 15.7. The maximum Gasteiger partial charge on any atom is 0.229 e. The number of halogens is 2. The lowest BCUT2D eigenvalue weighted by atomic mass is 10.2. The van der Waals surface area contributed by atoms with Crippen LogP contribution in [-0.4, -0.2) is 30.1 Å². The van der Waals surface area contributed by atoms with Gasteiger partial charge in [-0.3, -0.25) is 4.90 Å². The standard InChI is InChI=1S/C21H20ClFN2O3/c1-13-19(24-21(28-13)17-5-4-16(26-2)10-18(17)23)12-25-7-8-27-20-6-3-15(22)9-14(20)11-25/h3-6,9-10H,7-8,11-12H2,1-2H3. The summed E-state index contributed by atoms with van der Waals surface area (Å²) in [5, 5.41) is 0.680. The van der Waals surface area contributed by atoms with E-state index in [0.717, 1.165) is 23.6 Å². The first-order chi connectivity index (χ1) is 13.5. The van der Waals surface area contributed by atoms with Crippen molar-refractivity contribution in [3.05, 3.63) is 64.3 Å². The van der Waals surface area contributed by atoms with E-state index in [2.05, 4.69) is 9.88 Å². The van der Waals surface area contributed by atoms with E-state index in [1.807, 2.05) is 25.1 Å². The van der Waals surface area contributed by atoms with E-state index in [1.165, 1.54) is 13.2 Å². The molecule has 4 rings (SSSR count). The van der Waals surface area contributed by atoms with Crippen LogP contribution in [0.3, 0.4) is 0 Å². The summed E-state index contributed by atoms with van der Waals surface area (Å²) in [6, 6.07) is 10.3. The van der Waals surface area contributed by atoms with Gasteiger partial charge in [-0.1, -0.05) is 11.6 Å². The van der Waals surface area contributed by atoms with Crippen LogP contribution in [0.1, 0.15) is 17.0 Å². The summed E-state index contributed by atoms with van der Waals surface area (Å²) < 4.78 is 31.0. The summed E-state index contributed by atoms with van der Waals surface area (Å²) in [6.45, 7) is 4.42. The first-order valence-electron chi connectivity index (χ1n) is 8.97. The van der Waals surface area contributed by atoms with Crippen molar-refractivity contribution in [3.8, 4) is 23.0 Å². The van der Waals surface area contributed by atoms with Crippen molar-refractivity contribution in [3.63, 3.8) is 0 Å². The van der Waals surface area contributed by atoms with Gasteiger partial charge in [0.05, 0.1) is 18.4 Å². The van der Waals surface area contributed by atoms with E-state index in [-0.39, 0.29) is 5.89 Å². The molecule has 7 heteroatoms. The van der Waals surface area contributed by atoms with Crippen molar-refractivity contribution in [2.45, 2.75) is 20.0 Å². The number of aryl methyl sites for hydroxylation is 1. The molecule has 146 valence electrons. The van der Waals surface area contributed by atoms with Gasteiger partial charge in [-0.05, 0) is 37.3 Å². The summed E-state index contributed by atoms with van der Waals surface area (Å²) in [6.07, 6.45) is 0. The average molecular weight is 403 g/mol. The summed E-state index contributed by atoms with van der Waals surface area (Å²) >= 11 is 6.12. The molecule has 0 aliphatic carbocycles. The minimum Gasteiger partial charge on any atom is -0.497 e. The molecule has 0 fully saturated rings. The fourth-order valence-electron chi connectivity index (χ4n) is 3.25. The highest BCUT2D eigenvalue weighted by molar-refractivity contribution is 6.30. The van der Waals surface area contributed by atoms with Crippen LogP contribution in [0.5, 0.6) is 11.5 Å².